The third kappa shape index (κ3) is 5.36. The van der Waals surface area contributed by atoms with Crippen LogP contribution in [0.15, 0.2) is 71.3 Å². The van der Waals surface area contributed by atoms with Crippen molar-refractivity contribution in [1.82, 2.24) is 4.90 Å². The van der Waals surface area contributed by atoms with Gasteiger partial charge in [-0.15, -0.1) is 0 Å². The zero-order chi connectivity index (χ0) is 19.2. The molecule has 0 unspecified atom stereocenters. The number of furan rings is 1. The monoisotopic (exact) mass is 402 g/mol. The van der Waals surface area contributed by atoms with Crippen LogP contribution in [-0.4, -0.2) is 23.3 Å². The first kappa shape index (κ1) is 19.0. The van der Waals surface area contributed by atoms with E-state index in [1.807, 2.05) is 0 Å². The highest BCUT2D eigenvalue weighted by molar-refractivity contribution is 6.31. The van der Waals surface area contributed by atoms with Gasteiger partial charge in [0.2, 0.25) is 5.91 Å². The third-order valence-electron chi connectivity index (χ3n) is 3.75. The molecule has 27 heavy (non-hydrogen) atoms. The van der Waals surface area contributed by atoms with Crippen molar-refractivity contribution in [3.05, 3.63) is 88.3 Å². The van der Waals surface area contributed by atoms with Gasteiger partial charge in [0, 0.05) is 21.3 Å². The molecule has 0 bridgehead atoms. The summed E-state index contributed by atoms with van der Waals surface area (Å²) in [6, 6.07) is 16.8. The number of benzene rings is 2. The average molecular weight is 403 g/mol. The lowest BCUT2D eigenvalue weighted by Gasteiger charge is -2.21. The maximum absolute atomic E-state index is 12.9. The summed E-state index contributed by atoms with van der Waals surface area (Å²) in [5.74, 6) is -0.0664. The summed E-state index contributed by atoms with van der Waals surface area (Å²) in [5.41, 5.74) is 0.992. The van der Waals surface area contributed by atoms with Gasteiger partial charge in [-0.25, -0.2) is 0 Å². The molecular weight excluding hydrogens is 387 g/mol. The lowest BCUT2D eigenvalue weighted by molar-refractivity contribution is -0.117. The van der Waals surface area contributed by atoms with Gasteiger partial charge in [0.1, 0.15) is 12.3 Å². The number of carbonyl (C=O) groups excluding carboxylic acids is 2. The van der Waals surface area contributed by atoms with Crippen LogP contribution in [0.25, 0.3) is 0 Å². The van der Waals surface area contributed by atoms with Crippen molar-refractivity contribution in [2.45, 2.75) is 6.54 Å². The van der Waals surface area contributed by atoms with E-state index in [0.29, 0.717) is 27.1 Å². The van der Waals surface area contributed by atoms with Gasteiger partial charge >= 0.3 is 0 Å². The number of nitrogens with one attached hydrogen (secondary N) is 1. The second kappa shape index (κ2) is 8.75. The first-order valence-corrected chi connectivity index (χ1v) is 8.89. The van der Waals surface area contributed by atoms with Crippen molar-refractivity contribution < 1.29 is 14.0 Å². The van der Waals surface area contributed by atoms with Crippen LogP contribution in [0.3, 0.4) is 0 Å². The summed E-state index contributed by atoms with van der Waals surface area (Å²) < 4.78 is 5.32. The molecular formula is C20H16Cl2N2O3. The van der Waals surface area contributed by atoms with E-state index in [0.717, 1.165) is 0 Å². The van der Waals surface area contributed by atoms with Crippen LogP contribution in [0.4, 0.5) is 5.69 Å². The fourth-order valence-corrected chi connectivity index (χ4v) is 2.82. The Bertz CT molecular complexity index is 925. The molecule has 2 aromatic carbocycles. The van der Waals surface area contributed by atoms with Crippen LogP contribution in [0.5, 0.6) is 0 Å². The average Bonchev–Trinajstić information content (AvgIpc) is 3.14. The smallest absolute Gasteiger partial charge is 0.254 e. The number of hydrogen-bond acceptors (Lipinski definition) is 3. The standard InChI is InChI=1S/C20H16Cl2N2O3/c21-15-8-6-14(7-9-15)20(26)24(12-18-5-2-10-27-18)13-19(25)23-17-4-1-3-16(22)11-17/h1-11H,12-13H2,(H,23,25). The third-order valence-corrected chi connectivity index (χ3v) is 4.24. The molecule has 1 N–H and O–H groups in total. The van der Waals surface area contributed by atoms with Crippen LogP contribution in [-0.2, 0) is 11.3 Å². The molecule has 0 atom stereocenters. The number of halogens is 2. The minimum Gasteiger partial charge on any atom is -0.467 e. The summed E-state index contributed by atoms with van der Waals surface area (Å²) in [5, 5.41) is 3.78. The first-order chi connectivity index (χ1) is 13.0. The van der Waals surface area contributed by atoms with Gasteiger partial charge in [0.05, 0.1) is 12.8 Å². The van der Waals surface area contributed by atoms with E-state index in [1.165, 1.54) is 11.2 Å². The van der Waals surface area contributed by atoms with Gasteiger partial charge in [-0.05, 0) is 54.6 Å². The molecule has 3 aromatic rings. The molecule has 5 nitrogen and oxygen atoms in total. The SMILES string of the molecule is O=C(CN(Cc1ccco1)C(=O)c1ccc(Cl)cc1)Nc1cccc(Cl)c1. The summed E-state index contributed by atoms with van der Waals surface area (Å²) in [7, 11) is 0. The lowest BCUT2D eigenvalue weighted by atomic mass is 10.2. The fourth-order valence-electron chi connectivity index (χ4n) is 2.51. The Hall–Kier alpha value is -2.76. The maximum atomic E-state index is 12.9. The molecule has 7 heteroatoms. The van der Waals surface area contributed by atoms with Gasteiger partial charge in [-0.3, -0.25) is 9.59 Å². The Labute approximate surface area is 166 Å². The molecule has 0 fully saturated rings. The van der Waals surface area contributed by atoms with Gasteiger partial charge < -0.3 is 14.6 Å². The quantitative estimate of drug-likeness (QED) is 0.639. The topological polar surface area (TPSA) is 62.6 Å². The van der Waals surface area contributed by atoms with Crippen LogP contribution < -0.4 is 5.32 Å². The van der Waals surface area contributed by atoms with E-state index in [1.54, 1.807) is 60.7 Å². The lowest BCUT2D eigenvalue weighted by Crippen LogP contribution is -2.37. The number of nitrogens with zero attached hydrogens (tertiary/aromatic N) is 1. The molecule has 3 rings (SSSR count). The minimum absolute atomic E-state index is 0.144. The number of amides is 2. The van der Waals surface area contributed by atoms with Crippen molar-refractivity contribution in [2.24, 2.45) is 0 Å². The van der Waals surface area contributed by atoms with Gasteiger partial charge in [-0.1, -0.05) is 29.3 Å². The molecule has 0 radical (unpaired) electrons. The van der Waals surface area contributed by atoms with Crippen molar-refractivity contribution in [2.75, 3.05) is 11.9 Å². The van der Waals surface area contributed by atoms with Crippen molar-refractivity contribution >= 4 is 40.7 Å². The fraction of sp³-hybridized carbons (Fsp3) is 0.100. The highest BCUT2D eigenvalue weighted by Gasteiger charge is 2.20. The zero-order valence-electron chi connectivity index (χ0n) is 14.2. The normalized spacial score (nSPS) is 10.4. The highest BCUT2D eigenvalue weighted by atomic mass is 35.5. The second-order valence-corrected chi connectivity index (χ2v) is 6.68. The second-order valence-electron chi connectivity index (χ2n) is 5.81. The Morgan fingerprint density at radius 3 is 2.41 bits per heavy atom. The van der Waals surface area contributed by atoms with E-state index in [-0.39, 0.29) is 24.9 Å². The van der Waals surface area contributed by atoms with Crippen LogP contribution in [0, 0.1) is 0 Å². The van der Waals surface area contributed by atoms with E-state index in [9.17, 15) is 9.59 Å². The number of anilines is 1. The molecule has 0 spiro atoms. The van der Waals surface area contributed by atoms with Crippen LogP contribution in [0.2, 0.25) is 10.0 Å². The number of carbonyl (C=O) groups is 2. The summed E-state index contributed by atoms with van der Waals surface area (Å²) in [4.78, 5) is 26.7. The van der Waals surface area contributed by atoms with Gasteiger partial charge in [0.25, 0.3) is 5.91 Å². The van der Waals surface area contributed by atoms with Crippen molar-refractivity contribution in [3.63, 3.8) is 0 Å². The summed E-state index contributed by atoms with van der Waals surface area (Å²) in [6.07, 6.45) is 1.52. The van der Waals surface area contributed by atoms with E-state index in [2.05, 4.69) is 5.32 Å². The molecule has 1 aromatic heterocycles. The molecule has 0 saturated heterocycles. The molecule has 1 heterocycles. The zero-order valence-corrected chi connectivity index (χ0v) is 15.7. The largest absolute Gasteiger partial charge is 0.467 e. The molecule has 0 aliphatic carbocycles. The Morgan fingerprint density at radius 2 is 1.74 bits per heavy atom. The van der Waals surface area contributed by atoms with Gasteiger partial charge in [0.15, 0.2) is 0 Å². The summed E-state index contributed by atoms with van der Waals surface area (Å²) >= 11 is 11.8. The van der Waals surface area contributed by atoms with Crippen molar-refractivity contribution in [3.8, 4) is 0 Å². The number of rotatable bonds is 6. The molecule has 0 aliphatic rings. The molecule has 2 amide bonds. The molecule has 0 saturated carbocycles. The molecule has 0 aliphatic heterocycles. The van der Waals surface area contributed by atoms with Gasteiger partial charge in [-0.2, -0.15) is 0 Å². The minimum atomic E-state index is -0.342. The Morgan fingerprint density at radius 1 is 0.963 bits per heavy atom. The highest BCUT2D eigenvalue weighted by Crippen LogP contribution is 2.16. The maximum Gasteiger partial charge on any atom is 0.254 e. The van der Waals surface area contributed by atoms with Crippen molar-refractivity contribution in [1.29, 1.82) is 0 Å². The number of hydrogen-bond donors (Lipinski definition) is 1. The van der Waals surface area contributed by atoms with E-state index in [4.69, 9.17) is 27.6 Å². The Balaban J connectivity index is 1.75. The van der Waals surface area contributed by atoms with E-state index >= 15 is 0 Å². The summed E-state index contributed by atoms with van der Waals surface area (Å²) in [6.45, 7) is 0.0199. The Kier molecular flexibility index (Phi) is 6.16. The predicted molar refractivity (Wildman–Crippen MR) is 105 cm³/mol. The first-order valence-electron chi connectivity index (χ1n) is 8.14. The predicted octanol–water partition coefficient (Wildman–Crippen LogP) is 4.87. The van der Waals surface area contributed by atoms with E-state index < -0.39 is 0 Å². The van der Waals surface area contributed by atoms with Crippen LogP contribution >= 0.6 is 23.2 Å². The van der Waals surface area contributed by atoms with Crippen LogP contribution in [0.1, 0.15) is 16.1 Å². The molecule has 138 valence electrons.